The maximum absolute atomic E-state index is 13.6. The van der Waals surface area contributed by atoms with Crippen molar-refractivity contribution in [1.82, 2.24) is 10.2 Å². The van der Waals surface area contributed by atoms with Gasteiger partial charge in [0.05, 0.1) is 10.5 Å². The summed E-state index contributed by atoms with van der Waals surface area (Å²) >= 11 is 0. The highest BCUT2D eigenvalue weighted by molar-refractivity contribution is 7.92. The number of hydrogen-bond acceptors (Lipinski definition) is 5. The lowest BCUT2D eigenvalue weighted by atomic mass is 10.1. The van der Waals surface area contributed by atoms with Gasteiger partial charge in [-0.2, -0.15) is 0 Å². The summed E-state index contributed by atoms with van der Waals surface area (Å²) in [5.74, 6) is -0.0621. The molecule has 0 aromatic heterocycles. The van der Waals surface area contributed by atoms with E-state index in [-0.39, 0.29) is 10.8 Å². The largest absolute Gasteiger partial charge is 0.368 e. The fraction of sp³-hybridized carbons (Fsp3) is 0.500. The molecular weight excluding hydrogens is 448 g/mol. The van der Waals surface area contributed by atoms with E-state index in [0.717, 1.165) is 55.8 Å². The smallest absolute Gasteiger partial charge is 0.262 e. The lowest BCUT2D eigenvalue weighted by molar-refractivity contribution is 0.0763. The SMILES string of the molecule is CCCCN(CC)C(=O)c1cc(NS(=O)(=O)c2cc(C)c(C)cc2C)ccc1N1CCNCC1. The molecule has 2 N–H and O–H groups in total. The van der Waals surface area contributed by atoms with Crippen molar-refractivity contribution in [3.05, 3.63) is 52.6 Å². The van der Waals surface area contributed by atoms with Crippen LogP contribution >= 0.6 is 0 Å². The molecule has 1 amide bonds. The molecule has 8 heteroatoms. The standard InChI is InChI=1S/C26H38N4O3S/c1-6-8-13-29(7-2)26(31)23-18-22(9-10-24(23)30-14-11-27-12-15-30)28-34(32,33)25-17-20(4)19(3)16-21(25)5/h9-10,16-18,27-28H,6-8,11-15H2,1-5H3. The van der Waals surface area contributed by atoms with Crippen LogP contribution in [0.5, 0.6) is 0 Å². The number of nitrogens with one attached hydrogen (secondary N) is 2. The summed E-state index contributed by atoms with van der Waals surface area (Å²) in [6, 6.07) is 8.92. The van der Waals surface area contributed by atoms with Gasteiger partial charge in [0.15, 0.2) is 0 Å². The summed E-state index contributed by atoms with van der Waals surface area (Å²) in [4.78, 5) is 17.9. The highest BCUT2D eigenvalue weighted by Crippen LogP contribution is 2.29. The molecular formula is C26H38N4O3S. The molecule has 186 valence electrons. The molecule has 1 saturated heterocycles. The molecule has 0 saturated carbocycles. The first-order chi connectivity index (χ1) is 16.2. The van der Waals surface area contributed by atoms with Gasteiger partial charge in [-0.25, -0.2) is 8.42 Å². The number of nitrogens with zero attached hydrogens (tertiary/aromatic N) is 2. The Hall–Kier alpha value is -2.58. The van der Waals surface area contributed by atoms with Gasteiger partial charge >= 0.3 is 0 Å². The summed E-state index contributed by atoms with van der Waals surface area (Å²) in [5.41, 5.74) is 4.46. The van der Waals surface area contributed by atoms with Crippen molar-refractivity contribution in [2.75, 3.05) is 48.9 Å². The number of anilines is 2. The van der Waals surface area contributed by atoms with Crippen LogP contribution in [0.2, 0.25) is 0 Å². The van der Waals surface area contributed by atoms with Gasteiger partial charge in [0.2, 0.25) is 0 Å². The number of hydrogen-bond donors (Lipinski definition) is 2. The first kappa shape index (κ1) is 26.0. The molecule has 1 fully saturated rings. The van der Waals surface area contributed by atoms with Gasteiger partial charge in [-0.05, 0) is 75.1 Å². The quantitative estimate of drug-likeness (QED) is 0.558. The normalized spacial score (nSPS) is 14.2. The van der Waals surface area contributed by atoms with Gasteiger partial charge in [-0.15, -0.1) is 0 Å². The van der Waals surface area contributed by atoms with Crippen LogP contribution in [-0.2, 0) is 10.0 Å². The van der Waals surface area contributed by atoms with E-state index in [1.807, 2.05) is 37.8 Å². The summed E-state index contributed by atoms with van der Waals surface area (Å²) in [6.07, 6.45) is 1.94. The van der Waals surface area contributed by atoms with Crippen LogP contribution < -0.4 is 14.9 Å². The molecule has 3 rings (SSSR count). The third kappa shape index (κ3) is 5.91. The van der Waals surface area contributed by atoms with Gasteiger partial charge in [0.25, 0.3) is 15.9 Å². The van der Waals surface area contributed by atoms with Gasteiger partial charge in [-0.1, -0.05) is 19.4 Å². The Morgan fingerprint density at radius 1 is 1.03 bits per heavy atom. The summed E-state index contributed by atoms with van der Waals surface area (Å²) < 4.78 is 29.2. The van der Waals surface area contributed by atoms with Gasteiger partial charge in [-0.3, -0.25) is 9.52 Å². The lowest BCUT2D eigenvalue weighted by Gasteiger charge is -2.32. The minimum Gasteiger partial charge on any atom is -0.368 e. The number of unbranched alkanes of at least 4 members (excludes halogenated alkanes) is 1. The molecule has 0 bridgehead atoms. The number of sulfonamides is 1. The molecule has 7 nitrogen and oxygen atoms in total. The molecule has 0 aliphatic carbocycles. The predicted octanol–water partition coefficient (Wildman–Crippen LogP) is 4.08. The molecule has 0 spiro atoms. The first-order valence-corrected chi connectivity index (χ1v) is 13.7. The maximum atomic E-state index is 13.6. The van der Waals surface area contributed by atoms with E-state index in [1.54, 1.807) is 25.1 Å². The minimum atomic E-state index is -3.80. The number of rotatable bonds is 9. The van der Waals surface area contributed by atoms with E-state index in [1.165, 1.54) is 0 Å². The van der Waals surface area contributed by atoms with Gasteiger partial charge in [0.1, 0.15) is 0 Å². The van der Waals surface area contributed by atoms with Crippen LogP contribution in [0.1, 0.15) is 53.7 Å². The van der Waals surface area contributed by atoms with Gasteiger partial charge < -0.3 is 15.1 Å². The summed E-state index contributed by atoms with van der Waals surface area (Å²) in [5, 5.41) is 3.34. The fourth-order valence-electron chi connectivity index (χ4n) is 4.31. The topological polar surface area (TPSA) is 81.8 Å². The second-order valence-electron chi connectivity index (χ2n) is 9.01. The van der Waals surface area contributed by atoms with Crippen molar-refractivity contribution < 1.29 is 13.2 Å². The second-order valence-corrected chi connectivity index (χ2v) is 10.7. The minimum absolute atomic E-state index is 0.0621. The fourth-order valence-corrected chi connectivity index (χ4v) is 5.67. The Morgan fingerprint density at radius 3 is 2.35 bits per heavy atom. The van der Waals surface area contributed by atoms with Crippen LogP contribution in [0.15, 0.2) is 35.2 Å². The molecule has 1 aliphatic heterocycles. The van der Waals surface area contributed by atoms with Gasteiger partial charge in [0, 0.05) is 50.6 Å². The monoisotopic (exact) mass is 486 g/mol. The molecule has 1 heterocycles. The zero-order valence-corrected chi connectivity index (χ0v) is 21.9. The van der Waals surface area contributed by atoms with Crippen molar-refractivity contribution in [2.24, 2.45) is 0 Å². The number of benzene rings is 2. The third-order valence-corrected chi connectivity index (χ3v) is 7.99. The van der Waals surface area contributed by atoms with E-state index in [2.05, 4.69) is 21.9 Å². The Balaban J connectivity index is 2.00. The van der Waals surface area contributed by atoms with Crippen molar-refractivity contribution in [3.63, 3.8) is 0 Å². The number of carbonyl (C=O) groups excluding carboxylic acids is 1. The molecule has 2 aromatic carbocycles. The molecule has 0 atom stereocenters. The highest BCUT2D eigenvalue weighted by atomic mass is 32.2. The summed E-state index contributed by atoms with van der Waals surface area (Å²) in [7, 11) is -3.80. The van der Waals surface area contributed by atoms with E-state index in [0.29, 0.717) is 29.9 Å². The molecule has 34 heavy (non-hydrogen) atoms. The first-order valence-electron chi connectivity index (χ1n) is 12.2. The maximum Gasteiger partial charge on any atom is 0.262 e. The Morgan fingerprint density at radius 2 is 1.71 bits per heavy atom. The average molecular weight is 487 g/mol. The van der Waals surface area contributed by atoms with Crippen molar-refractivity contribution >= 4 is 27.3 Å². The average Bonchev–Trinajstić information content (AvgIpc) is 2.82. The Bertz CT molecular complexity index is 1130. The van der Waals surface area contributed by atoms with Crippen molar-refractivity contribution in [2.45, 2.75) is 52.4 Å². The summed E-state index contributed by atoms with van der Waals surface area (Å²) in [6.45, 7) is 14.4. The van der Waals surface area contributed by atoms with Crippen molar-refractivity contribution in [3.8, 4) is 0 Å². The molecule has 0 radical (unpaired) electrons. The zero-order valence-electron chi connectivity index (χ0n) is 21.1. The number of carbonyl (C=O) groups is 1. The zero-order chi connectivity index (χ0) is 24.9. The number of piperazine rings is 1. The van der Waals surface area contributed by atoms with E-state index in [4.69, 9.17) is 0 Å². The van der Waals surface area contributed by atoms with Crippen LogP contribution in [-0.4, -0.2) is 58.5 Å². The van der Waals surface area contributed by atoms with Crippen LogP contribution in [0.25, 0.3) is 0 Å². The van der Waals surface area contributed by atoms with Crippen LogP contribution in [0, 0.1) is 20.8 Å². The number of aryl methyl sites for hydroxylation is 3. The molecule has 2 aromatic rings. The Labute approximate surface area is 204 Å². The van der Waals surface area contributed by atoms with E-state index < -0.39 is 10.0 Å². The van der Waals surface area contributed by atoms with Crippen LogP contribution in [0.3, 0.4) is 0 Å². The number of amides is 1. The molecule has 1 aliphatic rings. The predicted molar refractivity (Wildman–Crippen MR) is 139 cm³/mol. The van der Waals surface area contributed by atoms with E-state index >= 15 is 0 Å². The van der Waals surface area contributed by atoms with Crippen molar-refractivity contribution in [1.29, 1.82) is 0 Å². The lowest BCUT2D eigenvalue weighted by Crippen LogP contribution is -2.44. The van der Waals surface area contributed by atoms with Crippen LogP contribution in [0.4, 0.5) is 11.4 Å². The second kappa shape index (κ2) is 11.2. The van der Waals surface area contributed by atoms with E-state index in [9.17, 15) is 13.2 Å². The Kier molecular flexibility index (Phi) is 8.60. The third-order valence-electron chi connectivity index (χ3n) is 6.47. The highest BCUT2D eigenvalue weighted by Gasteiger charge is 2.24. The molecule has 0 unspecified atom stereocenters.